The van der Waals surface area contributed by atoms with Gasteiger partial charge in [0.1, 0.15) is 0 Å². The van der Waals surface area contributed by atoms with Crippen molar-refractivity contribution in [3.63, 3.8) is 0 Å². The predicted octanol–water partition coefficient (Wildman–Crippen LogP) is 1.88. The van der Waals surface area contributed by atoms with Crippen molar-refractivity contribution in [3.05, 3.63) is 35.4 Å². The van der Waals surface area contributed by atoms with Gasteiger partial charge in [-0.1, -0.05) is 24.3 Å². The van der Waals surface area contributed by atoms with Crippen LogP contribution in [-0.2, 0) is 9.53 Å². The van der Waals surface area contributed by atoms with Crippen LogP contribution in [0.3, 0.4) is 0 Å². The van der Waals surface area contributed by atoms with Crippen LogP contribution in [0, 0.1) is 6.92 Å². The molecule has 0 saturated carbocycles. The summed E-state index contributed by atoms with van der Waals surface area (Å²) >= 11 is 0. The highest BCUT2D eigenvalue weighted by molar-refractivity contribution is 6.02. The molecule has 1 aromatic carbocycles. The van der Waals surface area contributed by atoms with E-state index in [1.807, 2.05) is 25.1 Å². The molecule has 0 aliphatic carbocycles. The Bertz CT molecular complexity index is 409. The fourth-order valence-corrected chi connectivity index (χ4v) is 1.73. The van der Waals surface area contributed by atoms with Crippen LogP contribution in [0.1, 0.15) is 28.8 Å². The number of rotatable bonds is 2. The van der Waals surface area contributed by atoms with Crippen molar-refractivity contribution in [1.82, 2.24) is 0 Å². The highest BCUT2D eigenvalue weighted by Gasteiger charge is 2.30. The molecule has 1 aliphatic heterocycles. The lowest BCUT2D eigenvalue weighted by molar-refractivity contribution is -0.140. The maximum Gasteiger partial charge on any atom is 0.306 e. The van der Waals surface area contributed by atoms with Crippen molar-refractivity contribution < 1.29 is 14.3 Å². The Kier molecular flexibility index (Phi) is 2.54. The number of aryl methyl sites for hydroxylation is 1. The van der Waals surface area contributed by atoms with Gasteiger partial charge in [0.05, 0.1) is 0 Å². The third-order valence-corrected chi connectivity index (χ3v) is 2.59. The highest BCUT2D eigenvalue weighted by Crippen LogP contribution is 2.20. The fraction of sp³-hybridized carbons (Fsp3) is 0.333. The van der Waals surface area contributed by atoms with Crippen LogP contribution < -0.4 is 0 Å². The van der Waals surface area contributed by atoms with Crippen LogP contribution in [0.4, 0.5) is 0 Å². The molecule has 1 aliphatic rings. The van der Waals surface area contributed by atoms with Crippen molar-refractivity contribution in [2.75, 3.05) is 0 Å². The fourth-order valence-electron chi connectivity index (χ4n) is 1.73. The summed E-state index contributed by atoms with van der Waals surface area (Å²) in [5.74, 6) is -0.360. The normalized spacial score (nSPS) is 20.1. The molecule has 0 aromatic heterocycles. The van der Waals surface area contributed by atoms with Gasteiger partial charge in [-0.2, -0.15) is 0 Å². The molecular formula is C12H12O3. The van der Waals surface area contributed by atoms with Gasteiger partial charge in [0.15, 0.2) is 6.10 Å². The molecule has 3 nitrogen and oxygen atoms in total. The average Bonchev–Trinajstić information content (AvgIpc) is 2.65. The first-order valence-electron chi connectivity index (χ1n) is 4.98. The van der Waals surface area contributed by atoms with Gasteiger partial charge in [0.25, 0.3) is 0 Å². The average molecular weight is 204 g/mol. The number of esters is 1. The van der Waals surface area contributed by atoms with Gasteiger partial charge in [0.2, 0.25) is 5.78 Å². The van der Waals surface area contributed by atoms with Crippen LogP contribution in [0.2, 0.25) is 0 Å². The summed E-state index contributed by atoms with van der Waals surface area (Å²) < 4.78 is 4.94. The van der Waals surface area contributed by atoms with E-state index in [4.69, 9.17) is 4.74 Å². The topological polar surface area (TPSA) is 43.4 Å². The summed E-state index contributed by atoms with van der Waals surface area (Å²) in [6, 6.07) is 7.34. The molecule has 0 bridgehead atoms. The number of carbonyl (C=O) groups is 2. The Morgan fingerprint density at radius 2 is 2.13 bits per heavy atom. The first-order chi connectivity index (χ1) is 7.18. The Hall–Kier alpha value is -1.64. The van der Waals surface area contributed by atoms with Gasteiger partial charge in [-0.3, -0.25) is 9.59 Å². The molecule has 1 heterocycles. The third-order valence-electron chi connectivity index (χ3n) is 2.59. The summed E-state index contributed by atoms with van der Waals surface area (Å²) in [5, 5.41) is 0. The molecular weight excluding hydrogens is 192 g/mol. The zero-order valence-corrected chi connectivity index (χ0v) is 8.53. The van der Waals surface area contributed by atoms with E-state index < -0.39 is 6.10 Å². The van der Waals surface area contributed by atoms with E-state index in [0.717, 1.165) is 5.56 Å². The van der Waals surface area contributed by atoms with Crippen molar-refractivity contribution in [1.29, 1.82) is 0 Å². The second-order valence-corrected chi connectivity index (χ2v) is 3.70. The molecule has 1 aromatic rings. The first-order valence-corrected chi connectivity index (χ1v) is 4.98. The minimum Gasteiger partial charge on any atom is -0.454 e. The van der Waals surface area contributed by atoms with Gasteiger partial charge in [0, 0.05) is 18.4 Å². The van der Waals surface area contributed by atoms with Gasteiger partial charge >= 0.3 is 5.97 Å². The van der Waals surface area contributed by atoms with Gasteiger partial charge in [-0.25, -0.2) is 0 Å². The van der Waals surface area contributed by atoms with E-state index >= 15 is 0 Å². The van der Waals surface area contributed by atoms with E-state index in [9.17, 15) is 9.59 Å². The number of Topliss-reactive ketones (excluding diaryl/α,β-unsaturated/α-hetero) is 1. The number of cyclic esters (lactones) is 1. The smallest absolute Gasteiger partial charge is 0.306 e. The largest absolute Gasteiger partial charge is 0.454 e. The quantitative estimate of drug-likeness (QED) is 0.545. The molecule has 2 rings (SSSR count). The molecule has 0 radical (unpaired) electrons. The van der Waals surface area contributed by atoms with Crippen LogP contribution >= 0.6 is 0 Å². The van der Waals surface area contributed by atoms with Gasteiger partial charge < -0.3 is 4.74 Å². The maximum absolute atomic E-state index is 11.9. The van der Waals surface area contributed by atoms with Crippen molar-refractivity contribution in [2.45, 2.75) is 25.9 Å². The lowest BCUT2D eigenvalue weighted by atomic mass is 10.00. The molecule has 3 heteroatoms. The van der Waals surface area contributed by atoms with E-state index in [1.54, 1.807) is 6.07 Å². The van der Waals surface area contributed by atoms with Gasteiger partial charge in [-0.05, 0) is 12.5 Å². The summed E-state index contributed by atoms with van der Waals surface area (Å²) in [6.07, 6.45) is 0.285. The third kappa shape index (κ3) is 1.91. The van der Waals surface area contributed by atoms with Crippen LogP contribution in [0.15, 0.2) is 24.3 Å². The van der Waals surface area contributed by atoms with E-state index in [0.29, 0.717) is 18.4 Å². The van der Waals surface area contributed by atoms with Crippen molar-refractivity contribution in [3.8, 4) is 0 Å². The van der Waals surface area contributed by atoms with Gasteiger partial charge in [-0.15, -0.1) is 0 Å². The molecule has 1 unspecified atom stereocenters. The standard InChI is InChI=1S/C12H12O3/c1-8-4-2-3-5-9(8)12(14)10-6-7-11(13)15-10/h2-5,10H,6-7H2,1H3. The molecule has 1 atom stereocenters. The number of carbonyl (C=O) groups excluding carboxylic acids is 2. The lowest BCUT2D eigenvalue weighted by Gasteiger charge is -2.09. The number of ketones is 1. The van der Waals surface area contributed by atoms with E-state index in [1.165, 1.54) is 0 Å². The highest BCUT2D eigenvalue weighted by atomic mass is 16.6. The molecule has 78 valence electrons. The maximum atomic E-state index is 11.9. The molecule has 1 fully saturated rings. The summed E-state index contributed by atoms with van der Waals surface area (Å²) in [5.41, 5.74) is 1.57. The Morgan fingerprint density at radius 3 is 2.73 bits per heavy atom. The zero-order valence-electron chi connectivity index (χ0n) is 8.53. The molecule has 0 spiro atoms. The minimum atomic E-state index is -0.571. The molecule has 15 heavy (non-hydrogen) atoms. The van der Waals surface area contributed by atoms with Crippen LogP contribution in [0.25, 0.3) is 0 Å². The second-order valence-electron chi connectivity index (χ2n) is 3.70. The predicted molar refractivity (Wildman–Crippen MR) is 54.6 cm³/mol. The van der Waals surface area contributed by atoms with E-state index in [-0.39, 0.29) is 11.8 Å². The van der Waals surface area contributed by atoms with Crippen molar-refractivity contribution >= 4 is 11.8 Å². The summed E-state index contributed by atoms with van der Waals surface area (Å²) in [7, 11) is 0. The Morgan fingerprint density at radius 1 is 1.40 bits per heavy atom. The molecule has 0 N–H and O–H groups in total. The molecule has 0 amide bonds. The monoisotopic (exact) mass is 204 g/mol. The van der Waals surface area contributed by atoms with Crippen LogP contribution in [-0.4, -0.2) is 17.9 Å². The Labute approximate surface area is 88.1 Å². The lowest BCUT2D eigenvalue weighted by Crippen LogP contribution is -2.21. The summed E-state index contributed by atoms with van der Waals surface area (Å²) in [4.78, 5) is 22.8. The number of hydrogen-bond acceptors (Lipinski definition) is 3. The zero-order chi connectivity index (χ0) is 10.8. The second kappa shape index (κ2) is 3.85. The minimum absolute atomic E-state index is 0.0843. The number of hydrogen-bond donors (Lipinski definition) is 0. The number of ether oxygens (including phenoxy) is 1. The van der Waals surface area contributed by atoms with Crippen molar-refractivity contribution in [2.24, 2.45) is 0 Å². The summed E-state index contributed by atoms with van der Waals surface area (Å²) in [6.45, 7) is 1.88. The Balaban J connectivity index is 2.21. The molecule has 1 saturated heterocycles. The van der Waals surface area contributed by atoms with E-state index in [2.05, 4.69) is 0 Å². The first kappa shape index (κ1) is 9.90. The number of benzene rings is 1. The van der Waals surface area contributed by atoms with Crippen LogP contribution in [0.5, 0.6) is 0 Å². The SMILES string of the molecule is Cc1ccccc1C(=O)C1CCC(=O)O1.